The first-order valence-electron chi connectivity index (χ1n) is 27.3. The van der Waals surface area contributed by atoms with Crippen LogP contribution in [-0.4, -0.2) is 68.5 Å². The van der Waals surface area contributed by atoms with Gasteiger partial charge in [-0.3, -0.25) is 9.36 Å². The number of likely N-dealkylation sites (N-methyl/N-ethyl adjacent to an activating group) is 1. The van der Waals surface area contributed by atoms with E-state index in [2.05, 4.69) is 165 Å². The molecule has 0 aromatic carbocycles. The minimum atomic E-state index is -4.62. The molecule has 0 radical (unpaired) electrons. The molecule has 9 heteroatoms. The molecule has 71 heavy (non-hydrogen) atoms. The van der Waals surface area contributed by atoms with Gasteiger partial charge in [-0.25, -0.2) is 0 Å². The molecule has 0 saturated heterocycles. The number of aliphatic hydroxyl groups is 1. The van der Waals surface area contributed by atoms with E-state index < -0.39 is 26.6 Å². The molecule has 0 aromatic rings. The number of quaternary nitrogens is 1. The smallest absolute Gasteiger partial charge is 0.268 e. The van der Waals surface area contributed by atoms with E-state index >= 15 is 0 Å². The van der Waals surface area contributed by atoms with Crippen molar-refractivity contribution in [3.63, 3.8) is 0 Å². The third kappa shape index (κ3) is 53.7. The zero-order chi connectivity index (χ0) is 52.0. The first kappa shape index (κ1) is 67.1. The van der Waals surface area contributed by atoms with Gasteiger partial charge in [0.1, 0.15) is 13.2 Å². The van der Waals surface area contributed by atoms with Gasteiger partial charge in [0.25, 0.3) is 7.82 Å². The molecule has 1 amide bonds. The summed E-state index contributed by atoms with van der Waals surface area (Å²) in [6.45, 7) is 4.42. The van der Waals surface area contributed by atoms with Crippen molar-refractivity contribution in [1.29, 1.82) is 0 Å². The lowest BCUT2D eigenvalue weighted by atomic mass is 10.1. The fourth-order valence-corrected chi connectivity index (χ4v) is 7.40. The lowest BCUT2D eigenvalue weighted by Crippen LogP contribution is -2.45. The molecule has 3 unspecified atom stereocenters. The molecule has 0 spiro atoms. The number of allylic oxidation sites excluding steroid dienone is 25. The van der Waals surface area contributed by atoms with Crippen molar-refractivity contribution in [2.75, 3.05) is 40.9 Å². The Balaban J connectivity index is 4.32. The summed E-state index contributed by atoms with van der Waals surface area (Å²) in [6.07, 6.45) is 80.3. The number of rotatable bonds is 47. The number of hydrogen-bond acceptors (Lipinski definition) is 6. The van der Waals surface area contributed by atoms with Crippen LogP contribution in [0.2, 0.25) is 0 Å². The summed E-state index contributed by atoms with van der Waals surface area (Å²) in [4.78, 5) is 25.4. The number of unbranched alkanes of at least 4 members (excludes halogenated alkanes) is 10. The van der Waals surface area contributed by atoms with Crippen LogP contribution in [0.15, 0.2) is 158 Å². The molecule has 8 nitrogen and oxygen atoms in total. The minimum absolute atomic E-state index is 0.0238. The Hall–Kier alpha value is -3.88. The van der Waals surface area contributed by atoms with Gasteiger partial charge in [0, 0.05) is 6.42 Å². The number of nitrogens with one attached hydrogen (secondary N) is 1. The summed E-state index contributed by atoms with van der Waals surface area (Å²) in [7, 11) is 1.19. The van der Waals surface area contributed by atoms with E-state index in [1.54, 1.807) is 6.08 Å². The van der Waals surface area contributed by atoms with Crippen LogP contribution in [0.4, 0.5) is 0 Å². The van der Waals surface area contributed by atoms with Crippen molar-refractivity contribution >= 4 is 13.7 Å². The van der Waals surface area contributed by atoms with Gasteiger partial charge in [-0.1, -0.05) is 204 Å². The average molecular weight is 1000 g/mol. The Morgan fingerprint density at radius 1 is 0.507 bits per heavy atom. The van der Waals surface area contributed by atoms with Gasteiger partial charge in [0.15, 0.2) is 0 Å². The average Bonchev–Trinajstić information content (AvgIpc) is 3.33. The lowest BCUT2D eigenvalue weighted by molar-refractivity contribution is -0.870. The summed E-state index contributed by atoms with van der Waals surface area (Å²) in [5.74, 6) is -0.245. The summed E-state index contributed by atoms with van der Waals surface area (Å²) in [5, 5.41) is 13.8. The van der Waals surface area contributed by atoms with Crippen LogP contribution in [-0.2, 0) is 18.4 Å². The predicted octanol–water partition coefficient (Wildman–Crippen LogP) is 16.1. The Morgan fingerprint density at radius 2 is 0.873 bits per heavy atom. The predicted molar refractivity (Wildman–Crippen MR) is 306 cm³/mol. The van der Waals surface area contributed by atoms with Gasteiger partial charge in [-0.05, 0) is 122 Å². The fourth-order valence-electron chi connectivity index (χ4n) is 6.68. The summed E-state index contributed by atoms with van der Waals surface area (Å²) in [5.41, 5.74) is 0. The summed E-state index contributed by atoms with van der Waals surface area (Å²) >= 11 is 0. The van der Waals surface area contributed by atoms with Gasteiger partial charge >= 0.3 is 0 Å². The highest BCUT2D eigenvalue weighted by Gasteiger charge is 2.23. The molecule has 0 bridgehead atoms. The number of phosphoric ester groups is 1. The third-order valence-corrected chi connectivity index (χ3v) is 11.9. The number of carbonyl (C=O) groups is 1. The topological polar surface area (TPSA) is 108 Å². The summed E-state index contributed by atoms with van der Waals surface area (Å²) < 4.78 is 23.2. The van der Waals surface area contributed by atoms with Crippen LogP contribution < -0.4 is 10.2 Å². The number of aliphatic hydroxyl groups excluding tert-OH is 1. The molecule has 0 rings (SSSR count). The van der Waals surface area contributed by atoms with E-state index in [1.165, 1.54) is 25.7 Å². The molecule has 0 fully saturated rings. The van der Waals surface area contributed by atoms with E-state index in [9.17, 15) is 19.4 Å². The Kier molecular flexibility index (Phi) is 48.2. The normalized spacial score (nSPS) is 15.2. The second-order valence-electron chi connectivity index (χ2n) is 18.8. The quantitative estimate of drug-likeness (QED) is 0.0272. The van der Waals surface area contributed by atoms with Crippen molar-refractivity contribution in [3.05, 3.63) is 158 Å². The molecule has 0 aliphatic carbocycles. The zero-order valence-electron chi connectivity index (χ0n) is 45.3. The minimum Gasteiger partial charge on any atom is -0.756 e. The van der Waals surface area contributed by atoms with Gasteiger partial charge in [-0.15, -0.1) is 0 Å². The molecule has 2 N–H and O–H groups in total. The molecule has 0 saturated carbocycles. The Labute approximate surface area is 435 Å². The molecule has 0 aliphatic rings. The Bertz CT molecular complexity index is 1700. The van der Waals surface area contributed by atoms with Gasteiger partial charge in [-0.2, -0.15) is 0 Å². The van der Waals surface area contributed by atoms with Crippen molar-refractivity contribution in [1.82, 2.24) is 5.32 Å². The van der Waals surface area contributed by atoms with E-state index in [4.69, 9.17) is 9.05 Å². The van der Waals surface area contributed by atoms with E-state index in [0.29, 0.717) is 23.9 Å². The molecule has 3 atom stereocenters. The van der Waals surface area contributed by atoms with Crippen LogP contribution in [0.25, 0.3) is 0 Å². The molecule has 400 valence electrons. The summed E-state index contributed by atoms with van der Waals surface area (Å²) in [6, 6.07) is -0.935. The number of carbonyl (C=O) groups excluding carboxylic acids is 1. The highest BCUT2D eigenvalue weighted by molar-refractivity contribution is 7.45. The van der Waals surface area contributed by atoms with Crippen LogP contribution in [0, 0.1) is 0 Å². The van der Waals surface area contributed by atoms with Crippen molar-refractivity contribution in [3.8, 4) is 0 Å². The third-order valence-electron chi connectivity index (χ3n) is 10.9. The molecule has 0 aliphatic heterocycles. The Morgan fingerprint density at radius 3 is 1.30 bits per heavy atom. The van der Waals surface area contributed by atoms with Crippen LogP contribution in [0.1, 0.15) is 174 Å². The van der Waals surface area contributed by atoms with E-state index in [-0.39, 0.29) is 18.9 Å². The second-order valence-corrected chi connectivity index (χ2v) is 20.2. The van der Waals surface area contributed by atoms with Crippen molar-refractivity contribution in [2.45, 2.75) is 187 Å². The van der Waals surface area contributed by atoms with E-state index in [1.807, 2.05) is 27.2 Å². The SMILES string of the molecule is CC/C=C\C/C=C\C/C=C\C/C=C\C/C=C\C/C=C\C/C=C\C/C=C\C/C=C\C/C=C\CCCCCCC(=O)NC(COP(=O)([O-])OCC[N+](C)(C)C)C(O)/C=C/CC/C=C/CC/C=C/CCCCCC. The number of phosphoric acid groups is 1. The highest BCUT2D eigenvalue weighted by atomic mass is 31.2. The zero-order valence-corrected chi connectivity index (χ0v) is 46.2. The highest BCUT2D eigenvalue weighted by Crippen LogP contribution is 2.38. The van der Waals surface area contributed by atoms with Crippen molar-refractivity contribution < 1.29 is 32.9 Å². The maximum atomic E-state index is 12.9. The lowest BCUT2D eigenvalue weighted by Gasteiger charge is -2.29. The molecular formula is C62H101N2O6P. The van der Waals surface area contributed by atoms with Crippen LogP contribution >= 0.6 is 7.82 Å². The van der Waals surface area contributed by atoms with Gasteiger partial charge < -0.3 is 28.8 Å². The largest absolute Gasteiger partial charge is 0.756 e. The van der Waals surface area contributed by atoms with Crippen molar-refractivity contribution in [2.24, 2.45) is 0 Å². The van der Waals surface area contributed by atoms with Crippen LogP contribution in [0.5, 0.6) is 0 Å². The first-order chi connectivity index (χ1) is 34.5. The number of amides is 1. The maximum Gasteiger partial charge on any atom is 0.268 e. The number of hydrogen-bond donors (Lipinski definition) is 2. The van der Waals surface area contributed by atoms with Gasteiger partial charge in [0.05, 0.1) is 39.9 Å². The van der Waals surface area contributed by atoms with E-state index in [0.717, 1.165) is 116 Å². The molecular weight excluding hydrogens is 900 g/mol. The van der Waals surface area contributed by atoms with Crippen LogP contribution in [0.3, 0.4) is 0 Å². The molecule has 0 heterocycles. The maximum absolute atomic E-state index is 12.9. The standard InChI is InChI=1S/C62H101N2O6P/c1-6-8-10-12-14-16-18-20-22-23-24-25-26-27-28-29-30-31-32-33-34-35-36-37-38-39-40-41-42-44-46-48-50-52-54-56-62(66)63-60(59-70-71(67,68)69-58-57-64(3,4)5)61(65)55-53-51-49-47-45-43-21-19-17-15-13-11-9-7-2/h8,10,14,16-17,19-20,22,24-25,27-28,30-31,33-34,36-37,39-40,42,44-45,47,53,55,60-61,65H,6-7,9,11-13,15,18,21,23,26,29,32,35,38,41,43,46,48-52,54,56-59H2,1-5H3,(H-,63,66,67,68)/b10-8-,16-14-,19-17+,22-20-,25-24-,28-27-,31-30-,34-33-,37-36-,40-39-,44-42-,47-45+,55-53+. The fraction of sp³-hybridized carbons (Fsp3) is 0.565. The molecule has 0 aromatic heterocycles. The second kappa shape index (κ2) is 51.0. The first-order valence-corrected chi connectivity index (χ1v) is 28.8. The number of nitrogens with zero attached hydrogens (tertiary/aromatic N) is 1. The van der Waals surface area contributed by atoms with Gasteiger partial charge in [0.2, 0.25) is 5.91 Å². The monoisotopic (exact) mass is 1000 g/mol.